The van der Waals surface area contributed by atoms with E-state index in [1.807, 2.05) is 19.1 Å². The van der Waals surface area contributed by atoms with E-state index in [1.54, 1.807) is 13.0 Å². The fourth-order valence-electron chi connectivity index (χ4n) is 1.61. The number of rotatable bonds is 2. The predicted molar refractivity (Wildman–Crippen MR) is 61.1 cm³/mol. The van der Waals surface area contributed by atoms with Crippen molar-refractivity contribution in [1.29, 1.82) is 5.41 Å². The van der Waals surface area contributed by atoms with Gasteiger partial charge in [-0.1, -0.05) is 12.1 Å². The van der Waals surface area contributed by atoms with Crippen LogP contribution >= 0.6 is 0 Å². The van der Waals surface area contributed by atoms with E-state index in [4.69, 9.17) is 14.6 Å². The van der Waals surface area contributed by atoms with Crippen LogP contribution in [0.5, 0.6) is 5.75 Å². The van der Waals surface area contributed by atoms with E-state index >= 15 is 0 Å². The first-order valence-corrected chi connectivity index (χ1v) is 5.08. The van der Waals surface area contributed by atoms with Gasteiger partial charge in [0.2, 0.25) is 5.76 Å². The molecule has 84 valence electrons. The maximum Gasteiger partial charge on any atom is 0.254 e. The van der Waals surface area contributed by atoms with Gasteiger partial charge in [-0.2, -0.15) is 0 Å². The number of fused-ring (bicyclic) bond motifs is 1. The van der Waals surface area contributed by atoms with Crippen molar-refractivity contribution in [3.05, 3.63) is 29.5 Å². The summed E-state index contributed by atoms with van der Waals surface area (Å²) in [7, 11) is 0. The first-order chi connectivity index (χ1) is 7.65. The average molecular weight is 219 g/mol. The monoisotopic (exact) mass is 219 g/mol. The van der Waals surface area contributed by atoms with Crippen molar-refractivity contribution in [2.45, 2.75) is 13.8 Å². The van der Waals surface area contributed by atoms with Crippen molar-refractivity contribution < 1.29 is 14.3 Å². The van der Waals surface area contributed by atoms with Crippen molar-refractivity contribution in [1.82, 2.24) is 0 Å². The molecular formula is C12H13NO3. The molecular weight excluding hydrogens is 206 g/mol. The molecule has 0 aliphatic carbocycles. The molecule has 0 aliphatic heterocycles. The molecule has 4 nitrogen and oxygen atoms in total. The van der Waals surface area contributed by atoms with Crippen LogP contribution in [0.15, 0.2) is 22.6 Å². The van der Waals surface area contributed by atoms with Crippen LogP contribution in [0.25, 0.3) is 11.0 Å². The second-order valence-electron chi connectivity index (χ2n) is 3.49. The zero-order chi connectivity index (χ0) is 11.7. The summed E-state index contributed by atoms with van der Waals surface area (Å²) >= 11 is 0. The lowest BCUT2D eigenvalue weighted by atomic mass is 10.1. The van der Waals surface area contributed by atoms with E-state index in [2.05, 4.69) is 0 Å². The lowest BCUT2D eigenvalue weighted by Crippen LogP contribution is -2.03. The van der Waals surface area contributed by atoms with E-state index in [9.17, 15) is 5.11 Å². The third-order valence-corrected chi connectivity index (χ3v) is 2.38. The van der Waals surface area contributed by atoms with E-state index in [1.165, 1.54) is 0 Å². The Kier molecular flexibility index (Phi) is 2.56. The number of aryl methyl sites for hydroxylation is 1. The molecule has 0 fully saturated rings. The Balaban J connectivity index is 2.60. The number of ether oxygens (including phenoxy) is 1. The fraction of sp³-hybridized carbons (Fsp3) is 0.250. The smallest absolute Gasteiger partial charge is 0.254 e. The molecule has 0 radical (unpaired) electrons. The van der Waals surface area contributed by atoms with Crippen molar-refractivity contribution in [2.24, 2.45) is 0 Å². The number of hydrogen-bond acceptors (Lipinski definition) is 4. The van der Waals surface area contributed by atoms with Gasteiger partial charge in [-0.25, -0.2) is 0 Å². The Morgan fingerprint density at radius 3 is 2.88 bits per heavy atom. The molecule has 0 unspecified atom stereocenters. The molecule has 1 aromatic carbocycles. The molecule has 0 atom stereocenters. The summed E-state index contributed by atoms with van der Waals surface area (Å²) in [6, 6.07) is 5.48. The minimum atomic E-state index is -0.143. The fourth-order valence-corrected chi connectivity index (χ4v) is 1.61. The molecule has 2 N–H and O–H groups in total. The summed E-state index contributed by atoms with van der Waals surface area (Å²) in [6.07, 6.45) is 0. The molecule has 1 heterocycles. The number of furan rings is 1. The molecule has 0 amide bonds. The topological polar surface area (TPSA) is 66.5 Å². The van der Waals surface area contributed by atoms with Crippen LogP contribution in [0.4, 0.5) is 0 Å². The summed E-state index contributed by atoms with van der Waals surface area (Å²) < 4.78 is 10.5. The van der Waals surface area contributed by atoms with Crippen LogP contribution in [0, 0.1) is 12.3 Å². The van der Waals surface area contributed by atoms with Gasteiger partial charge in [-0.15, -0.1) is 0 Å². The van der Waals surface area contributed by atoms with Crippen LogP contribution in [-0.2, 0) is 4.74 Å². The van der Waals surface area contributed by atoms with Gasteiger partial charge in [-0.3, -0.25) is 5.41 Å². The standard InChI is InChI=1S/C12H13NO3/c1-3-15-12(13)11-9(14)8-6-4-5-7(2)10(8)16-11/h4-6,13-14H,3H2,1-2H3. The van der Waals surface area contributed by atoms with Crippen molar-refractivity contribution in [3.8, 4) is 5.75 Å². The lowest BCUT2D eigenvalue weighted by molar-refractivity contribution is 0.314. The summed E-state index contributed by atoms with van der Waals surface area (Å²) in [6.45, 7) is 4.03. The Morgan fingerprint density at radius 1 is 1.50 bits per heavy atom. The molecule has 16 heavy (non-hydrogen) atoms. The Hall–Kier alpha value is -1.97. The number of aromatic hydroxyl groups is 1. The molecule has 0 bridgehead atoms. The molecule has 0 saturated carbocycles. The highest BCUT2D eigenvalue weighted by atomic mass is 16.5. The number of benzene rings is 1. The highest BCUT2D eigenvalue weighted by Crippen LogP contribution is 2.33. The largest absolute Gasteiger partial charge is 0.504 e. The van der Waals surface area contributed by atoms with Gasteiger partial charge < -0.3 is 14.3 Å². The van der Waals surface area contributed by atoms with Crippen LogP contribution < -0.4 is 0 Å². The maximum atomic E-state index is 9.90. The Morgan fingerprint density at radius 2 is 2.25 bits per heavy atom. The molecule has 0 spiro atoms. The average Bonchev–Trinajstić information content (AvgIpc) is 2.59. The van der Waals surface area contributed by atoms with Gasteiger partial charge in [0.1, 0.15) is 5.58 Å². The van der Waals surface area contributed by atoms with Crippen LogP contribution in [0.1, 0.15) is 18.2 Å². The van der Waals surface area contributed by atoms with Gasteiger partial charge >= 0.3 is 0 Å². The van der Waals surface area contributed by atoms with E-state index in [0.717, 1.165) is 5.56 Å². The second kappa shape index (κ2) is 3.89. The maximum absolute atomic E-state index is 9.90. The SMILES string of the molecule is CCOC(=N)c1oc2c(C)cccc2c1O. The number of para-hydroxylation sites is 1. The lowest BCUT2D eigenvalue weighted by Gasteiger charge is -2.00. The van der Waals surface area contributed by atoms with Crippen LogP contribution in [0.3, 0.4) is 0 Å². The van der Waals surface area contributed by atoms with Gasteiger partial charge in [0.05, 0.1) is 12.0 Å². The van der Waals surface area contributed by atoms with E-state index in [-0.39, 0.29) is 17.4 Å². The third kappa shape index (κ3) is 1.52. The molecule has 0 saturated heterocycles. The summed E-state index contributed by atoms with van der Waals surface area (Å²) in [5.41, 5.74) is 1.52. The van der Waals surface area contributed by atoms with Gasteiger partial charge in [0, 0.05) is 0 Å². The summed E-state index contributed by atoms with van der Waals surface area (Å²) in [4.78, 5) is 0. The van der Waals surface area contributed by atoms with Crippen LogP contribution in [0.2, 0.25) is 0 Å². The zero-order valence-electron chi connectivity index (χ0n) is 9.20. The highest BCUT2D eigenvalue weighted by molar-refractivity contribution is 6.00. The molecule has 2 aromatic rings. The van der Waals surface area contributed by atoms with Crippen molar-refractivity contribution >= 4 is 16.9 Å². The minimum Gasteiger partial charge on any atom is -0.504 e. The second-order valence-corrected chi connectivity index (χ2v) is 3.49. The zero-order valence-corrected chi connectivity index (χ0v) is 9.20. The van der Waals surface area contributed by atoms with Gasteiger partial charge in [-0.05, 0) is 25.5 Å². The first kappa shape index (κ1) is 10.5. The summed E-state index contributed by atoms with van der Waals surface area (Å²) in [5.74, 6) is -0.0844. The Labute approximate surface area is 93.0 Å². The van der Waals surface area contributed by atoms with E-state index in [0.29, 0.717) is 17.6 Å². The van der Waals surface area contributed by atoms with Gasteiger partial charge in [0.25, 0.3) is 5.90 Å². The number of nitrogens with one attached hydrogen (secondary N) is 1. The van der Waals surface area contributed by atoms with Crippen molar-refractivity contribution in [3.63, 3.8) is 0 Å². The normalized spacial score (nSPS) is 10.6. The number of hydrogen-bond donors (Lipinski definition) is 2. The molecule has 0 aliphatic rings. The van der Waals surface area contributed by atoms with E-state index < -0.39 is 0 Å². The molecule has 4 heteroatoms. The van der Waals surface area contributed by atoms with Crippen LogP contribution in [-0.4, -0.2) is 17.6 Å². The first-order valence-electron chi connectivity index (χ1n) is 5.08. The molecule has 2 rings (SSSR count). The van der Waals surface area contributed by atoms with Gasteiger partial charge in [0.15, 0.2) is 5.75 Å². The van der Waals surface area contributed by atoms with Crippen molar-refractivity contribution in [2.75, 3.05) is 6.61 Å². The highest BCUT2D eigenvalue weighted by Gasteiger charge is 2.19. The predicted octanol–water partition coefficient (Wildman–Crippen LogP) is 2.81. The Bertz CT molecular complexity index is 542. The third-order valence-electron chi connectivity index (χ3n) is 2.38. The summed E-state index contributed by atoms with van der Waals surface area (Å²) in [5, 5.41) is 18.1. The minimum absolute atomic E-state index is 0.0304. The molecule has 1 aromatic heterocycles. The quantitative estimate of drug-likeness (QED) is 0.602.